The van der Waals surface area contributed by atoms with E-state index in [9.17, 15) is 0 Å². The summed E-state index contributed by atoms with van der Waals surface area (Å²) in [6, 6.07) is 16.7. The van der Waals surface area contributed by atoms with Gasteiger partial charge in [-0.25, -0.2) is 0 Å². The van der Waals surface area contributed by atoms with Crippen molar-refractivity contribution < 1.29 is 4.84 Å². The SMILES string of the molecule is Cc1ccc2c(c1)/C(=N/OCc1ccccc1)CC2. The Balaban J connectivity index is 1.71. The van der Waals surface area contributed by atoms with E-state index in [1.54, 1.807) is 0 Å². The standard InChI is InChI=1S/C17H17NO/c1-13-7-8-15-9-10-17(16(15)11-13)18-19-12-14-5-3-2-4-6-14/h2-8,11H,9-10,12H2,1H3/b18-17+. The van der Waals surface area contributed by atoms with Crippen molar-refractivity contribution in [1.82, 2.24) is 0 Å². The number of aryl methyl sites for hydroxylation is 2. The average molecular weight is 251 g/mol. The molecule has 19 heavy (non-hydrogen) atoms. The van der Waals surface area contributed by atoms with Crippen LogP contribution in [0.5, 0.6) is 0 Å². The summed E-state index contributed by atoms with van der Waals surface area (Å²) in [4.78, 5) is 5.49. The third kappa shape index (κ3) is 2.68. The van der Waals surface area contributed by atoms with E-state index in [0.717, 1.165) is 24.1 Å². The number of rotatable bonds is 3. The topological polar surface area (TPSA) is 21.6 Å². The molecule has 0 fully saturated rings. The minimum atomic E-state index is 0.533. The van der Waals surface area contributed by atoms with E-state index in [4.69, 9.17) is 4.84 Å². The maximum atomic E-state index is 5.49. The molecule has 1 aliphatic carbocycles. The molecular weight excluding hydrogens is 234 g/mol. The fourth-order valence-corrected chi connectivity index (χ4v) is 2.42. The second-order valence-electron chi connectivity index (χ2n) is 4.96. The Morgan fingerprint density at radius 1 is 1.05 bits per heavy atom. The highest BCUT2D eigenvalue weighted by Gasteiger charge is 2.18. The van der Waals surface area contributed by atoms with Crippen molar-refractivity contribution in [2.24, 2.45) is 5.16 Å². The Morgan fingerprint density at radius 2 is 1.89 bits per heavy atom. The van der Waals surface area contributed by atoms with Gasteiger partial charge in [0, 0.05) is 5.56 Å². The van der Waals surface area contributed by atoms with Gasteiger partial charge in [-0.1, -0.05) is 53.2 Å². The largest absolute Gasteiger partial charge is 0.391 e. The van der Waals surface area contributed by atoms with E-state index in [-0.39, 0.29) is 0 Å². The third-order valence-electron chi connectivity index (χ3n) is 3.46. The second kappa shape index (κ2) is 5.27. The summed E-state index contributed by atoms with van der Waals surface area (Å²) < 4.78 is 0. The van der Waals surface area contributed by atoms with Gasteiger partial charge in [0.25, 0.3) is 0 Å². The minimum Gasteiger partial charge on any atom is -0.391 e. The van der Waals surface area contributed by atoms with Crippen molar-refractivity contribution in [2.75, 3.05) is 0 Å². The van der Waals surface area contributed by atoms with Crippen LogP contribution < -0.4 is 0 Å². The molecule has 0 heterocycles. The summed E-state index contributed by atoms with van der Waals surface area (Å²) in [7, 11) is 0. The summed E-state index contributed by atoms with van der Waals surface area (Å²) >= 11 is 0. The molecule has 1 aliphatic rings. The van der Waals surface area contributed by atoms with E-state index < -0.39 is 0 Å². The molecule has 2 nitrogen and oxygen atoms in total. The Hall–Kier alpha value is -2.09. The molecule has 0 saturated carbocycles. The van der Waals surface area contributed by atoms with Crippen molar-refractivity contribution in [3.63, 3.8) is 0 Å². The van der Waals surface area contributed by atoms with E-state index in [0.29, 0.717) is 6.61 Å². The van der Waals surface area contributed by atoms with Gasteiger partial charge in [-0.05, 0) is 37.0 Å². The average Bonchev–Trinajstić information content (AvgIpc) is 2.83. The molecule has 0 spiro atoms. The number of fused-ring (bicyclic) bond motifs is 1. The molecule has 0 N–H and O–H groups in total. The normalized spacial score (nSPS) is 15.5. The Bertz CT molecular complexity index is 602. The summed E-state index contributed by atoms with van der Waals surface area (Å²) in [5.74, 6) is 0. The molecule has 2 heteroatoms. The summed E-state index contributed by atoms with van der Waals surface area (Å²) in [6.07, 6.45) is 2.05. The van der Waals surface area contributed by atoms with Crippen LogP contribution in [0.4, 0.5) is 0 Å². The zero-order chi connectivity index (χ0) is 13.1. The van der Waals surface area contributed by atoms with Gasteiger partial charge in [0.05, 0.1) is 5.71 Å². The molecule has 0 atom stereocenters. The van der Waals surface area contributed by atoms with Crippen LogP contribution in [0.15, 0.2) is 53.7 Å². The molecule has 0 bridgehead atoms. The third-order valence-corrected chi connectivity index (χ3v) is 3.46. The lowest BCUT2D eigenvalue weighted by atomic mass is 10.1. The highest BCUT2D eigenvalue weighted by atomic mass is 16.6. The van der Waals surface area contributed by atoms with Crippen LogP contribution in [0.2, 0.25) is 0 Å². The maximum Gasteiger partial charge on any atom is 0.142 e. The quantitative estimate of drug-likeness (QED) is 0.759. The van der Waals surface area contributed by atoms with Crippen LogP contribution in [-0.2, 0) is 17.9 Å². The molecule has 3 rings (SSSR count). The first-order valence-corrected chi connectivity index (χ1v) is 6.65. The van der Waals surface area contributed by atoms with Gasteiger partial charge in [-0.15, -0.1) is 0 Å². The highest BCUT2D eigenvalue weighted by molar-refractivity contribution is 6.04. The summed E-state index contributed by atoms with van der Waals surface area (Å²) in [5.41, 5.74) is 6.14. The predicted octanol–water partition coefficient (Wildman–Crippen LogP) is 3.86. The number of nitrogens with zero attached hydrogens (tertiary/aromatic N) is 1. The van der Waals surface area contributed by atoms with Crippen molar-refractivity contribution in [3.05, 3.63) is 70.8 Å². The zero-order valence-electron chi connectivity index (χ0n) is 11.1. The van der Waals surface area contributed by atoms with Crippen LogP contribution in [0, 0.1) is 6.92 Å². The lowest BCUT2D eigenvalue weighted by Gasteiger charge is -2.03. The molecule has 2 aromatic rings. The Kier molecular flexibility index (Phi) is 3.32. The molecule has 0 unspecified atom stereocenters. The summed E-state index contributed by atoms with van der Waals surface area (Å²) in [6.45, 7) is 2.65. The smallest absolute Gasteiger partial charge is 0.142 e. The van der Waals surface area contributed by atoms with Crippen LogP contribution in [0.25, 0.3) is 0 Å². The first kappa shape index (κ1) is 12.0. The molecule has 0 aliphatic heterocycles. The first-order valence-electron chi connectivity index (χ1n) is 6.65. The van der Waals surface area contributed by atoms with Gasteiger partial charge in [-0.3, -0.25) is 0 Å². The maximum absolute atomic E-state index is 5.49. The van der Waals surface area contributed by atoms with Crippen LogP contribution in [-0.4, -0.2) is 5.71 Å². The molecule has 0 aromatic heterocycles. The number of oxime groups is 1. The van der Waals surface area contributed by atoms with Crippen molar-refractivity contribution in [3.8, 4) is 0 Å². The summed E-state index contributed by atoms with van der Waals surface area (Å²) in [5, 5.41) is 4.32. The van der Waals surface area contributed by atoms with E-state index >= 15 is 0 Å². The van der Waals surface area contributed by atoms with E-state index in [1.165, 1.54) is 16.7 Å². The van der Waals surface area contributed by atoms with Gasteiger partial charge in [-0.2, -0.15) is 0 Å². The molecule has 0 radical (unpaired) electrons. The van der Waals surface area contributed by atoms with Crippen LogP contribution in [0.3, 0.4) is 0 Å². The van der Waals surface area contributed by atoms with E-state index in [1.807, 2.05) is 30.3 Å². The molecule has 0 amide bonds. The number of hydrogen-bond acceptors (Lipinski definition) is 2. The molecular formula is C17H17NO. The van der Waals surface area contributed by atoms with Crippen molar-refractivity contribution >= 4 is 5.71 Å². The fraction of sp³-hybridized carbons (Fsp3) is 0.235. The Labute approximate surface area is 113 Å². The fourth-order valence-electron chi connectivity index (χ4n) is 2.42. The lowest BCUT2D eigenvalue weighted by Crippen LogP contribution is -1.97. The minimum absolute atomic E-state index is 0.533. The van der Waals surface area contributed by atoms with Gasteiger partial charge >= 0.3 is 0 Å². The second-order valence-corrected chi connectivity index (χ2v) is 4.96. The monoisotopic (exact) mass is 251 g/mol. The lowest BCUT2D eigenvalue weighted by molar-refractivity contribution is 0.130. The Morgan fingerprint density at radius 3 is 2.74 bits per heavy atom. The first-order chi connectivity index (χ1) is 9.33. The van der Waals surface area contributed by atoms with Crippen molar-refractivity contribution in [1.29, 1.82) is 0 Å². The van der Waals surface area contributed by atoms with Gasteiger partial charge in [0.2, 0.25) is 0 Å². The van der Waals surface area contributed by atoms with E-state index in [2.05, 4.69) is 30.3 Å². The number of hydrogen-bond donors (Lipinski definition) is 0. The predicted molar refractivity (Wildman–Crippen MR) is 77.3 cm³/mol. The van der Waals surface area contributed by atoms with Crippen molar-refractivity contribution in [2.45, 2.75) is 26.4 Å². The number of benzene rings is 2. The van der Waals surface area contributed by atoms with Crippen LogP contribution in [0.1, 0.15) is 28.7 Å². The molecule has 2 aromatic carbocycles. The van der Waals surface area contributed by atoms with Crippen LogP contribution >= 0.6 is 0 Å². The highest BCUT2D eigenvalue weighted by Crippen LogP contribution is 2.23. The van der Waals surface area contributed by atoms with Gasteiger partial charge < -0.3 is 4.84 Å². The zero-order valence-corrected chi connectivity index (χ0v) is 11.1. The molecule has 96 valence electrons. The van der Waals surface area contributed by atoms with Gasteiger partial charge in [0.1, 0.15) is 6.61 Å². The van der Waals surface area contributed by atoms with Gasteiger partial charge in [0.15, 0.2) is 0 Å². The molecule has 0 saturated heterocycles.